The van der Waals surface area contributed by atoms with Gasteiger partial charge in [-0.3, -0.25) is 0 Å². The molecule has 1 rings (SSSR count). The van der Waals surface area contributed by atoms with Crippen LogP contribution in [0.4, 0.5) is 0 Å². The molecule has 1 aromatic rings. The van der Waals surface area contributed by atoms with Gasteiger partial charge in [0.2, 0.25) is 0 Å². The van der Waals surface area contributed by atoms with Crippen LogP contribution in [0.15, 0.2) is 34.1 Å². The van der Waals surface area contributed by atoms with Gasteiger partial charge < -0.3 is 0 Å². The van der Waals surface area contributed by atoms with Gasteiger partial charge in [0.05, 0.1) is 11.2 Å². The van der Waals surface area contributed by atoms with E-state index in [2.05, 4.69) is 6.26 Å². The van der Waals surface area contributed by atoms with Crippen LogP contribution in [0.25, 0.3) is 0 Å². The van der Waals surface area contributed by atoms with Crippen molar-refractivity contribution in [2.75, 3.05) is 6.26 Å². The highest BCUT2D eigenvalue weighted by Crippen LogP contribution is 2.24. The predicted molar refractivity (Wildman–Crippen MR) is 50.8 cm³/mol. The lowest BCUT2D eigenvalue weighted by molar-refractivity contribution is 0.602. The van der Waals surface area contributed by atoms with E-state index in [-0.39, 0.29) is 0 Å². The van der Waals surface area contributed by atoms with Crippen molar-refractivity contribution in [2.24, 2.45) is 0 Å². The van der Waals surface area contributed by atoms with E-state index in [1.54, 1.807) is 24.3 Å². The number of hydrogen-bond donors (Lipinski definition) is 0. The van der Waals surface area contributed by atoms with E-state index in [9.17, 15) is 8.42 Å². The minimum atomic E-state index is -3.32. The summed E-state index contributed by atoms with van der Waals surface area (Å²) >= 11 is 1.40. The highest BCUT2D eigenvalue weighted by Gasteiger charge is 2.10. The lowest BCUT2D eigenvalue weighted by Crippen LogP contribution is -1.95. The predicted octanol–water partition coefficient (Wildman–Crippen LogP) is 1.97. The van der Waals surface area contributed by atoms with E-state index in [1.165, 1.54) is 11.8 Å². The Kier molecular flexibility index (Phi) is 2.80. The summed E-state index contributed by atoms with van der Waals surface area (Å²) in [6, 6.07) is 6.83. The molecule has 0 N–H and O–H groups in total. The highest BCUT2D eigenvalue weighted by molar-refractivity contribution is 7.99. The maximum atomic E-state index is 11.1. The smallest absolute Gasteiger partial charge is 0.180 e. The summed E-state index contributed by atoms with van der Waals surface area (Å²) in [6.45, 7) is 0. The molecule has 2 nitrogen and oxygen atoms in total. The molecule has 0 aliphatic rings. The van der Waals surface area contributed by atoms with Gasteiger partial charge in [0.25, 0.3) is 0 Å². The summed E-state index contributed by atoms with van der Waals surface area (Å²) in [5.41, 5.74) is 0. The zero-order valence-corrected chi connectivity index (χ0v) is 8.28. The zero-order valence-electron chi connectivity index (χ0n) is 6.65. The van der Waals surface area contributed by atoms with Crippen LogP contribution in [0.2, 0.25) is 0 Å². The third-order valence-corrected chi connectivity index (χ3v) is 3.36. The maximum Gasteiger partial charge on any atom is 0.180 e. The molecule has 0 saturated heterocycles. The molecule has 12 heavy (non-hydrogen) atoms. The summed E-state index contributed by atoms with van der Waals surface area (Å²) in [5, 5.41) is 0. The molecule has 0 heterocycles. The Bertz CT molecular complexity index is 368. The summed E-state index contributed by atoms with van der Waals surface area (Å²) in [4.78, 5) is 1.05. The fraction of sp³-hybridized carbons (Fsp3) is 0.125. The Labute approximate surface area is 76.9 Å². The lowest BCUT2D eigenvalue weighted by Gasteiger charge is -2.02. The SMILES string of the molecule is [CH2]S(=O)(=O)c1ccccc1SC. The Morgan fingerprint density at radius 1 is 1.33 bits per heavy atom. The van der Waals surface area contributed by atoms with Gasteiger partial charge in [0.1, 0.15) is 0 Å². The number of hydrogen-bond acceptors (Lipinski definition) is 3. The summed E-state index contributed by atoms with van der Waals surface area (Å²) in [6.07, 6.45) is 4.95. The second-order valence-electron chi connectivity index (χ2n) is 2.27. The minimum absolute atomic E-state index is 0.303. The maximum absolute atomic E-state index is 11.1. The second kappa shape index (κ2) is 3.49. The van der Waals surface area contributed by atoms with E-state index in [1.807, 2.05) is 6.26 Å². The molecule has 0 atom stereocenters. The molecule has 4 heteroatoms. The van der Waals surface area contributed by atoms with Crippen LogP contribution >= 0.6 is 11.8 Å². The van der Waals surface area contributed by atoms with Crippen LogP contribution in [0.5, 0.6) is 0 Å². The van der Waals surface area contributed by atoms with Gasteiger partial charge in [-0.15, -0.1) is 11.8 Å². The van der Waals surface area contributed by atoms with Crippen molar-refractivity contribution >= 4 is 21.6 Å². The molecular formula is C8H9O2S2. The molecular weight excluding hydrogens is 192 g/mol. The van der Waals surface area contributed by atoms with E-state index in [0.717, 1.165) is 4.90 Å². The average molecular weight is 201 g/mol. The molecule has 0 saturated carbocycles. The van der Waals surface area contributed by atoms with E-state index < -0.39 is 9.84 Å². The van der Waals surface area contributed by atoms with Crippen molar-refractivity contribution in [3.8, 4) is 0 Å². The Morgan fingerprint density at radius 2 is 1.92 bits per heavy atom. The first-order valence-electron chi connectivity index (χ1n) is 3.27. The van der Waals surface area contributed by atoms with Crippen molar-refractivity contribution in [3.05, 3.63) is 30.5 Å². The number of thioether (sulfide) groups is 1. The second-order valence-corrected chi connectivity index (χ2v) is 4.78. The fourth-order valence-electron chi connectivity index (χ4n) is 0.876. The topological polar surface area (TPSA) is 34.1 Å². The van der Waals surface area contributed by atoms with Crippen LogP contribution < -0.4 is 0 Å². The summed E-state index contributed by atoms with van der Waals surface area (Å²) < 4.78 is 22.2. The largest absolute Gasteiger partial charge is 0.224 e. The van der Waals surface area contributed by atoms with Crippen molar-refractivity contribution < 1.29 is 8.42 Å². The number of sulfone groups is 1. The van der Waals surface area contributed by atoms with Gasteiger partial charge in [-0.25, -0.2) is 8.42 Å². The Morgan fingerprint density at radius 3 is 2.33 bits per heavy atom. The van der Waals surface area contributed by atoms with Crippen LogP contribution in [0.1, 0.15) is 0 Å². The molecule has 1 aromatic carbocycles. The van der Waals surface area contributed by atoms with E-state index in [4.69, 9.17) is 0 Å². The standard InChI is InChI=1S/C8H9O2S2/c1-11-7-5-3-4-6-8(7)12(2,9)10/h3-6H,2H2,1H3. The fourth-order valence-corrected chi connectivity index (χ4v) is 2.65. The third kappa shape index (κ3) is 2.01. The van der Waals surface area contributed by atoms with Crippen LogP contribution in [0.3, 0.4) is 0 Å². The molecule has 0 bridgehead atoms. The lowest BCUT2D eigenvalue weighted by atomic mass is 10.4. The Hall–Kier alpha value is -0.480. The van der Waals surface area contributed by atoms with Gasteiger partial charge in [0, 0.05) is 4.90 Å². The van der Waals surface area contributed by atoms with Crippen molar-refractivity contribution in [2.45, 2.75) is 9.79 Å². The monoisotopic (exact) mass is 201 g/mol. The molecule has 1 radical (unpaired) electrons. The summed E-state index contributed by atoms with van der Waals surface area (Å²) in [7, 11) is -3.32. The van der Waals surface area contributed by atoms with Gasteiger partial charge in [-0.2, -0.15) is 0 Å². The van der Waals surface area contributed by atoms with Crippen molar-refractivity contribution in [1.82, 2.24) is 0 Å². The van der Waals surface area contributed by atoms with Crippen LogP contribution in [-0.2, 0) is 9.84 Å². The molecule has 0 spiro atoms. The molecule has 0 amide bonds. The zero-order chi connectivity index (χ0) is 9.19. The van der Waals surface area contributed by atoms with E-state index >= 15 is 0 Å². The van der Waals surface area contributed by atoms with Gasteiger partial charge >= 0.3 is 0 Å². The van der Waals surface area contributed by atoms with Gasteiger partial charge in [-0.1, -0.05) is 12.1 Å². The molecule has 0 fully saturated rings. The number of rotatable bonds is 2. The quantitative estimate of drug-likeness (QED) is 0.686. The normalized spacial score (nSPS) is 11.5. The van der Waals surface area contributed by atoms with Crippen LogP contribution in [0, 0.1) is 6.26 Å². The van der Waals surface area contributed by atoms with Crippen molar-refractivity contribution in [1.29, 1.82) is 0 Å². The van der Waals surface area contributed by atoms with E-state index in [0.29, 0.717) is 4.90 Å². The van der Waals surface area contributed by atoms with Crippen molar-refractivity contribution in [3.63, 3.8) is 0 Å². The van der Waals surface area contributed by atoms with Crippen LogP contribution in [-0.4, -0.2) is 14.7 Å². The first-order valence-corrected chi connectivity index (χ1v) is 6.14. The third-order valence-electron chi connectivity index (χ3n) is 1.40. The van der Waals surface area contributed by atoms with Gasteiger partial charge in [-0.05, 0) is 18.4 Å². The molecule has 0 aromatic heterocycles. The molecule has 0 unspecified atom stereocenters. The average Bonchev–Trinajstić information content (AvgIpc) is 2.03. The first kappa shape index (κ1) is 9.61. The highest BCUT2D eigenvalue weighted by atomic mass is 32.2. The number of benzene rings is 1. The first-order chi connectivity index (χ1) is 5.55. The van der Waals surface area contributed by atoms with Gasteiger partial charge in [0.15, 0.2) is 9.84 Å². The summed E-state index contributed by atoms with van der Waals surface area (Å²) in [5.74, 6) is 0. The molecule has 65 valence electrons. The molecule has 0 aliphatic heterocycles. The Balaban J connectivity index is 3.33. The minimum Gasteiger partial charge on any atom is -0.224 e. The molecule has 0 aliphatic carbocycles.